The molecule has 0 atom stereocenters. The molecule has 0 saturated carbocycles. The van der Waals surface area contributed by atoms with Crippen molar-refractivity contribution in [1.29, 1.82) is 0 Å². The smallest absolute Gasteiger partial charge is 0.264 e. The highest BCUT2D eigenvalue weighted by molar-refractivity contribution is 7.92. The van der Waals surface area contributed by atoms with Crippen LogP contribution in [0.15, 0.2) is 64.4 Å². The van der Waals surface area contributed by atoms with Crippen LogP contribution in [0.25, 0.3) is 0 Å². The number of para-hydroxylation sites is 1. The van der Waals surface area contributed by atoms with Crippen molar-refractivity contribution in [2.75, 3.05) is 23.9 Å². The van der Waals surface area contributed by atoms with Gasteiger partial charge in [-0.15, -0.1) is 0 Å². The summed E-state index contributed by atoms with van der Waals surface area (Å²) >= 11 is 0. The van der Waals surface area contributed by atoms with E-state index in [2.05, 4.69) is 0 Å². The first kappa shape index (κ1) is 20.8. The van der Waals surface area contributed by atoms with Crippen molar-refractivity contribution < 1.29 is 16.8 Å². The molecule has 1 aliphatic heterocycles. The van der Waals surface area contributed by atoms with Crippen LogP contribution in [0.4, 0.5) is 5.69 Å². The summed E-state index contributed by atoms with van der Waals surface area (Å²) in [6.45, 7) is 3.41. The van der Waals surface area contributed by atoms with Crippen molar-refractivity contribution >= 4 is 25.7 Å². The zero-order valence-electron chi connectivity index (χ0n) is 16.0. The summed E-state index contributed by atoms with van der Waals surface area (Å²) in [6, 6.07) is 14.5. The second kappa shape index (κ2) is 8.63. The van der Waals surface area contributed by atoms with Crippen molar-refractivity contribution in [3.63, 3.8) is 0 Å². The Hall–Kier alpha value is -1.90. The van der Waals surface area contributed by atoms with Crippen LogP contribution < -0.4 is 4.31 Å². The Balaban J connectivity index is 1.92. The van der Waals surface area contributed by atoms with Crippen LogP contribution in [0.1, 0.15) is 32.6 Å². The molecule has 0 aliphatic carbocycles. The minimum Gasteiger partial charge on any atom is -0.266 e. The Morgan fingerprint density at radius 3 is 2.00 bits per heavy atom. The number of sulfonamides is 2. The van der Waals surface area contributed by atoms with Crippen molar-refractivity contribution in [3.05, 3.63) is 54.6 Å². The standard InChI is InChI=1S/C20H26N2O4S2/c1-2-3-17-22(18-9-5-4-6-10-18)28(25,26)20-13-11-19(12-14-20)27(23,24)21-15-7-8-16-21/h4-6,9-14H,2-3,7-8,15-17H2,1H3. The molecule has 0 bridgehead atoms. The molecule has 0 N–H and O–H groups in total. The maximum Gasteiger partial charge on any atom is 0.264 e. The molecule has 3 rings (SSSR count). The predicted molar refractivity (Wildman–Crippen MR) is 110 cm³/mol. The zero-order chi connectivity index (χ0) is 20.2. The second-order valence-corrected chi connectivity index (χ2v) is 10.6. The zero-order valence-corrected chi connectivity index (χ0v) is 17.6. The van der Waals surface area contributed by atoms with E-state index in [0.29, 0.717) is 25.3 Å². The SMILES string of the molecule is CCCCN(c1ccccc1)S(=O)(=O)c1ccc(S(=O)(=O)N2CCCC2)cc1. The summed E-state index contributed by atoms with van der Waals surface area (Å²) in [5, 5.41) is 0. The van der Waals surface area contributed by atoms with E-state index in [1.165, 1.54) is 32.9 Å². The Labute approximate surface area is 167 Å². The van der Waals surface area contributed by atoms with Gasteiger partial charge in [0.15, 0.2) is 0 Å². The lowest BCUT2D eigenvalue weighted by atomic mass is 10.3. The first-order valence-electron chi connectivity index (χ1n) is 9.55. The average molecular weight is 423 g/mol. The molecule has 0 spiro atoms. The second-order valence-electron chi connectivity index (χ2n) is 6.85. The molecular weight excluding hydrogens is 396 g/mol. The molecule has 152 valence electrons. The van der Waals surface area contributed by atoms with Gasteiger partial charge in [0.1, 0.15) is 0 Å². The molecule has 8 heteroatoms. The number of anilines is 1. The summed E-state index contributed by atoms with van der Waals surface area (Å²) in [6.07, 6.45) is 3.31. The summed E-state index contributed by atoms with van der Waals surface area (Å²) in [5.74, 6) is 0. The molecule has 0 radical (unpaired) electrons. The quantitative estimate of drug-likeness (QED) is 0.653. The highest BCUT2D eigenvalue weighted by atomic mass is 32.2. The number of benzene rings is 2. The lowest BCUT2D eigenvalue weighted by Crippen LogP contribution is -2.32. The highest BCUT2D eigenvalue weighted by Gasteiger charge is 2.29. The molecule has 2 aromatic carbocycles. The van der Waals surface area contributed by atoms with Gasteiger partial charge in [-0.25, -0.2) is 16.8 Å². The lowest BCUT2D eigenvalue weighted by Gasteiger charge is -2.24. The number of rotatable bonds is 8. The van der Waals surface area contributed by atoms with Gasteiger partial charge in [0.05, 0.1) is 15.5 Å². The molecule has 28 heavy (non-hydrogen) atoms. The third-order valence-electron chi connectivity index (χ3n) is 4.87. The van der Waals surface area contributed by atoms with Crippen LogP contribution in [-0.4, -0.2) is 40.8 Å². The first-order chi connectivity index (χ1) is 13.4. The van der Waals surface area contributed by atoms with E-state index in [-0.39, 0.29) is 9.79 Å². The van der Waals surface area contributed by atoms with Crippen LogP contribution >= 0.6 is 0 Å². The highest BCUT2D eigenvalue weighted by Crippen LogP contribution is 2.26. The summed E-state index contributed by atoms with van der Waals surface area (Å²) in [5.41, 5.74) is 0.602. The van der Waals surface area contributed by atoms with Crippen LogP contribution in [-0.2, 0) is 20.0 Å². The fourth-order valence-electron chi connectivity index (χ4n) is 3.27. The molecular formula is C20H26N2O4S2. The molecule has 0 unspecified atom stereocenters. The minimum atomic E-state index is -3.78. The van der Waals surface area contributed by atoms with Crippen LogP contribution in [0, 0.1) is 0 Å². The lowest BCUT2D eigenvalue weighted by molar-refractivity contribution is 0.477. The van der Waals surface area contributed by atoms with Crippen LogP contribution in [0.3, 0.4) is 0 Å². The van der Waals surface area contributed by atoms with Gasteiger partial charge in [0.25, 0.3) is 10.0 Å². The van der Waals surface area contributed by atoms with E-state index in [1.54, 1.807) is 24.3 Å². The Morgan fingerprint density at radius 1 is 0.857 bits per heavy atom. The molecule has 0 aromatic heterocycles. The van der Waals surface area contributed by atoms with Gasteiger partial charge in [0, 0.05) is 19.6 Å². The van der Waals surface area contributed by atoms with Gasteiger partial charge >= 0.3 is 0 Å². The molecule has 2 aromatic rings. The number of hydrogen-bond donors (Lipinski definition) is 0. The van der Waals surface area contributed by atoms with Gasteiger partial charge in [-0.2, -0.15) is 4.31 Å². The molecule has 6 nitrogen and oxygen atoms in total. The Bertz CT molecular complexity index is 982. The van der Waals surface area contributed by atoms with E-state index in [1.807, 2.05) is 13.0 Å². The molecule has 1 aliphatic rings. The van der Waals surface area contributed by atoms with Gasteiger partial charge in [-0.05, 0) is 55.7 Å². The Kier molecular flexibility index (Phi) is 6.42. The van der Waals surface area contributed by atoms with E-state index in [4.69, 9.17) is 0 Å². The maximum absolute atomic E-state index is 13.2. The fourth-order valence-corrected chi connectivity index (χ4v) is 6.29. The topological polar surface area (TPSA) is 74.8 Å². The van der Waals surface area contributed by atoms with Crippen molar-refractivity contribution in [1.82, 2.24) is 4.31 Å². The van der Waals surface area contributed by atoms with Crippen LogP contribution in [0.5, 0.6) is 0 Å². The van der Waals surface area contributed by atoms with E-state index >= 15 is 0 Å². The van der Waals surface area contributed by atoms with Gasteiger partial charge in [-0.3, -0.25) is 4.31 Å². The van der Waals surface area contributed by atoms with Gasteiger partial charge in [-0.1, -0.05) is 31.5 Å². The number of unbranched alkanes of at least 4 members (excludes halogenated alkanes) is 1. The first-order valence-corrected chi connectivity index (χ1v) is 12.4. The molecule has 1 fully saturated rings. The summed E-state index contributed by atoms with van der Waals surface area (Å²) < 4.78 is 54.6. The number of hydrogen-bond acceptors (Lipinski definition) is 4. The fraction of sp³-hybridized carbons (Fsp3) is 0.400. The number of nitrogens with zero attached hydrogens (tertiary/aromatic N) is 2. The van der Waals surface area contributed by atoms with E-state index < -0.39 is 20.0 Å². The molecule has 1 heterocycles. The monoisotopic (exact) mass is 422 g/mol. The summed E-state index contributed by atoms with van der Waals surface area (Å²) in [4.78, 5) is 0.223. The maximum atomic E-state index is 13.2. The molecule has 1 saturated heterocycles. The van der Waals surface area contributed by atoms with E-state index in [9.17, 15) is 16.8 Å². The van der Waals surface area contributed by atoms with Crippen molar-refractivity contribution in [3.8, 4) is 0 Å². The van der Waals surface area contributed by atoms with Gasteiger partial charge < -0.3 is 0 Å². The Morgan fingerprint density at radius 2 is 1.43 bits per heavy atom. The average Bonchev–Trinajstić information content (AvgIpc) is 3.25. The van der Waals surface area contributed by atoms with Gasteiger partial charge in [0.2, 0.25) is 10.0 Å². The predicted octanol–water partition coefficient (Wildman–Crippen LogP) is 3.47. The van der Waals surface area contributed by atoms with Crippen LogP contribution in [0.2, 0.25) is 0 Å². The van der Waals surface area contributed by atoms with Crippen molar-refractivity contribution in [2.24, 2.45) is 0 Å². The van der Waals surface area contributed by atoms with Crippen molar-refractivity contribution in [2.45, 2.75) is 42.4 Å². The normalized spacial score (nSPS) is 15.6. The third-order valence-corrected chi connectivity index (χ3v) is 8.63. The minimum absolute atomic E-state index is 0.0906. The molecule has 0 amide bonds. The van der Waals surface area contributed by atoms with E-state index in [0.717, 1.165) is 25.7 Å². The summed E-state index contributed by atoms with van der Waals surface area (Å²) in [7, 11) is -7.35. The third kappa shape index (κ3) is 4.24. The largest absolute Gasteiger partial charge is 0.266 e.